The van der Waals surface area contributed by atoms with Crippen molar-refractivity contribution in [3.63, 3.8) is 0 Å². The van der Waals surface area contributed by atoms with E-state index in [2.05, 4.69) is 4.98 Å². The molecule has 0 radical (unpaired) electrons. The summed E-state index contributed by atoms with van der Waals surface area (Å²) in [5, 5.41) is 10.7. The molecule has 8 heteroatoms. The smallest absolute Gasteiger partial charge is 0.326 e. The number of H-pyrrole nitrogens is 1. The van der Waals surface area contributed by atoms with E-state index in [1.165, 1.54) is 24.3 Å². The van der Waals surface area contributed by atoms with Crippen molar-refractivity contribution in [1.29, 1.82) is 0 Å². The fourth-order valence-electron chi connectivity index (χ4n) is 3.67. The molecule has 1 amide bonds. The lowest BCUT2D eigenvalue weighted by atomic mass is 10.0. The quantitative estimate of drug-likeness (QED) is 0.569. The maximum atomic E-state index is 12.6. The van der Waals surface area contributed by atoms with Crippen molar-refractivity contribution >= 4 is 22.6 Å². The van der Waals surface area contributed by atoms with Crippen LogP contribution < -0.4 is 5.69 Å². The molecule has 1 aliphatic heterocycles. The molecule has 2 heterocycles. The Hall–Kier alpha value is -3.42. The molecule has 1 fully saturated rings. The third-order valence-corrected chi connectivity index (χ3v) is 5.07. The maximum absolute atomic E-state index is 12.6. The molecule has 0 bridgehead atoms. The van der Waals surface area contributed by atoms with Gasteiger partial charge in [-0.3, -0.25) is 19.5 Å². The molecule has 8 nitrogen and oxygen atoms in total. The molecule has 2 aromatic carbocycles. The van der Waals surface area contributed by atoms with Gasteiger partial charge in [0.2, 0.25) is 0 Å². The zero-order valence-corrected chi connectivity index (χ0v) is 14.5. The van der Waals surface area contributed by atoms with Gasteiger partial charge in [0.1, 0.15) is 0 Å². The zero-order valence-electron chi connectivity index (χ0n) is 14.5. The first-order valence-electron chi connectivity index (χ1n) is 8.77. The highest BCUT2D eigenvalue weighted by Crippen LogP contribution is 2.26. The number of fused-ring (bicyclic) bond motifs is 1. The Labute approximate surface area is 154 Å². The number of hydrogen-bond donors (Lipinski definition) is 1. The monoisotopic (exact) mass is 366 g/mol. The van der Waals surface area contributed by atoms with Crippen LogP contribution in [0.1, 0.15) is 29.2 Å². The highest BCUT2D eigenvalue weighted by molar-refractivity contribution is 5.94. The lowest BCUT2D eigenvalue weighted by Gasteiger charge is -2.32. The molecule has 3 aromatic rings. The normalized spacial score (nSPS) is 15.2. The molecule has 0 saturated carbocycles. The number of hydrogen-bond acceptors (Lipinski definition) is 4. The Balaban J connectivity index is 1.48. The van der Waals surface area contributed by atoms with E-state index in [0.29, 0.717) is 31.5 Å². The number of aromatic amines is 1. The van der Waals surface area contributed by atoms with Crippen LogP contribution in [0.5, 0.6) is 0 Å². The Bertz CT molecular complexity index is 1060. The second-order valence-corrected chi connectivity index (χ2v) is 6.64. The van der Waals surface area contributed by atoms with Crippen LogP contribution in [0.25, 0.3) is 11.0 Å². The minimum absolute atomic E-state index is 0.0366. The van der Waals surface area contributed by atoms with Gasteiger partial charge in [0.15, 0.2) is 0 Å². The average molecular weight is 366 g/mol. The Morgan fingerprint density at radius 1 is 1.07 bits per heavy atom. The highest BCUT2D eigenvalue weighted by atomic mass is 16.6. The molecule has 1 N–H and O–H groups in total. The van der Waals surface area contributed by atoms with E-state index in [9.17, 15) is 19.7 Å². The van der Waals surface area contributed by atoms with E-state index >= 15 is 0 Å². The Morgan fingerprint density at radius 3 is 2.41 bits per heavy atom. The molecule has 0 unspecified atom stereocenters. The molecular formula is C19H18N4O4. The van der Waals surface area contributed by atoms with Gasteiger partial charge in [-0.2, -0.15) is 0 Å². The van der Waals surface area contributed by atoms with Crippen LogP contribution in [0.2, 0.25) is 0 Å². The number of imidazole rings is 1. The van der Waals surface area contributed by atoms with Crippen LogP contribution in [-0.2, 0) is 0 Å². The number of carbonyl (C=O) groups excluding carboxylic acids is 1. The predicted molar refractivity (Wildman–Crippen MR) is 99.8 cm³/mol. The first-order chi connectivity index (χ1) is 13.0. The second-order valence-electron chi connectivity index (χ2n) is 6.64. The summed E-state index contributed by atoms with van der Waals surface area (Å²) in [5.74, 6) is -0.144. The van der Waals surface area contributed by atoms with Gasteiger partial charge in [0, 0.05) is 36.8 Å². The van der Waals surface area contributed by atoms with Gasteiger partial charge in [-0.05, 0) is 37.1 Å². The molecule has 27 heavy (non-hydrogen) atoms. The van der Waals surface area contributed by atoms with Crippen LogP contribution >= 0.6 is 0 Å². The van der Waals surface area contributed by atoms with E-state index < -0.39 is 4.92 Å². The van der Waals surface area contributed by atoms with Gasteiger partial charge in [-0.1, -0.05) is 12.1 Å². The molecule has 1 saturated heterocycles. The number of rotatable bonds is 3. The minimum atomic E-state index is -0.487. The average Bonchev–Trinajstić information content (AvgIpc) is 3.03. The van der Waals surface area contributed by atoms with E-state index in [4.69, 9.17) is 0 Å². The maximum Gasteiger partial charge on any atom is 0.326 e. The van der Waals surface area contributed by atoms with Gasteiger partial charge < -0.3 is 9.88 Å². The molecule has 0 spiro atoms. The number of amides is 1. The summed E-state index contributed by atoms with van der Waals surface area (Å²) in [6.45, 7) is 1.07. The summed E-state index contributed by atoms with van der Waals surface area (Å²) >= 11 is 0. The minimum Gasteiger partial charge on any atom is -0.338 e. The first-order valence-corrected chi connectivity index (χ1v) is 8.77. The number of non-ortho nitro benzene ring substituents is 1. The fraction of sp³-hybridized carbons (Fsp3) is 0.263. The van der Waals surface area contributed by atoms with Gasteiger partial charge in [-0.25, -0.2) is 4.79 Å². The number of nitro groups is 1. The lowest BCUT2D eigenvalue weighted by Crippen LogP contribution is -2.40. The SMILES string of the molecule is O=C(c1ccc([N+](=O)[O-])cc1)N1CCC(n2c(=O)[nH]c3ccccc32)CC1. The van der Waals surface area contributed by atoms with Crippen molar-refractivity contribution in [3.05, 3.63) is 74.7 Å². The van der Waals surface area contributed by atoms with E-state index in [-0.39, 0.29) is 23.3 Å². The molecule has 0 aliphatic carbocycles. The van der Waals surface area contributed by atoms with Crippen LogP contribution in [0.15, 0.2) is 53.3 Å². The number of likely N-dealkylation sites (tertiary alicyclic amines) is 1. The molecule has 0 atom stereocenters. The standard InChI is InChI=1S/C19H18N4O4/c24-18(13-5-7-15(8-6-13)23(26)27)21-11-9-14(10-12-21)22-17-4-2-1-3-16(17)20-19(22)25/h1-8,14H,9-12H2,(H,20,25). The lowest BCUT2D eigenvalue weighted by molar-refractivity contribution is -0.384. The number of piperidine rings is 1. The van der Waals surface area contributed by atoms with Crippen LogP contribution in [-0.4, -0.2) is 38.4 Å². The van der Waals surface area contributed by atoms with E-state index in [0.717, 1.165) is 11.0 Å². The zero-order chi connectivity index (χ0) is 19.0. The fourth-order valence-corrected chi connectivity index (χ4v) is 3.67. The van der Waals surface area contributed by atoms with Crippen LogP contribution in [0.3, 0.4) is 0 Å². The number of carbonyl (C=O) groups is 1. The largest absolute Gasteiger partial charge is 0.338 e. The van der Waals surface area contributed by atoms with E-state index in [1.807, 2.05) is 24.3 Å². The molecule has 4 rings (SSSR count). The summed E-state index contributed by atoms with van der Waals surface area (Å²) in [6.07, 6.45) is 1.36. The van der Waals surface area contributed by atoms with Crippen molar-refractivity contribution in [1.82, 2.24) is 14.5 Å². The summed E-state index contributed by atoms with van der Waals surface area (Å²) in [5.41, 5.74) is 1.96. The van der Waals surface area contributed by atoms with Crippen molar-refractivity contribution in [2.45, 2.75) is 18.9 Å². The molecular weight excluding hydrogens is 348 g/mol. The summed E-state index contributed by atoms with van der Waals surface area (Å²) in [7, 11) is 0. The van der Waals surface area contributed by atoms with Crippen molar-refractivity contribution < 1.29 is 9.72 Å². The van der Waals surface area contributed by atoms with Gasteiger partial charge in [0.05, 0.1) is 16.0 Å². The topological polar surface area (TPSA) is 101 Å². The number of nitrogens with one attached hydrogen (secondary N) is 1. The number of nitro benzene ring substituents is 1. The number of benzene rings is 2. The predicted octanol–water partition coefficient (Wildman–Crippen LogP) is 2.72. The summed E-state index contributed by atoms with van der Waals surface area (Å²) in [4.78, 5) is 39.8. The summed E-state index contributed by atoms with van der Waals surface area (Å²) in [6, 6.07) is 13.3. The molecule has 1 aromatic heterocycles. The van der Waals surface area contributed by atoms with Crippen molar-refractivity contribution in [2.24, 2.45) is 0 Å². The second kappa shape index (κ2) is 6.71. The van der Waals surface area contributed by atoms with Crippen LogP contribution in [0.4, 0.5) is 5.69 Å². The molecule has 138 valence electrons. The highest BCUT2D eigenvalue weighted by Gasteiger charge is 2.26. The van der Waals surface area contributed by atoms with Gasteiger partial charge in [0.25, 0.3) is 11.6 Å². The number of para-hydroxylation sites is 2. The van der Waals surface area contributed by atoms with Crippen molar-refractivity contribution in [3.8, 4) is 0 Å². The van der Waals surface area contributed by atoms with Crippen molar-refractivity contribution in [2.75, 3.05) is 13.1 Å². The summed E-state index contributed by atoms with van der Waals surface area (Å²) < 4.78 is 1.78. The van der Waals surface area contributed by atoms with Gasteiger partial charge in [-0.15, -0.1) is 0 Å². The van der Waals surface area contributed by atoms with Crippen LogP contribution in [0, 0.1) is 10.1 Å². The Morgan fingerprint density at radius 2 is 1.74 bits per heavy atom. The van der Waals surface area contributed by atoms with E-state index in [1.54, 1.807) is 9.47 Å². The number of aromatic nitrogens is 2. The third-order valence-electron chi connectivity index (χ3n) is 5.07. The number of nitrogens with zero attached hydrogens (tertiary/aromatic N) is 3. The first kappa shape index (κ1) is 17.0. The van der Waals surface area contributed by atoms with Gasteiger partial charge >= 0.3 is 5.69 Å². The molecule has 1 aliphatic rings. The third kappa shape index (κ3) is 3.10. The Kier molecular flexibility index (Phi) is 4.23.